The molecule has 11 heteroatoms. The molecule has 1 unspecified atom stereocenters. The number of hydrogen-bond donors (Lipinski definition) is 1. The van der Waals surface area contributed by atoms with Gasteiger partial charge in [-0.15, -0.1) is 0 Å². The first-order valence-corrected chi connectivity index (χ1v) is 15.8. The van der Waals surface area contributed by atoms with E-state index in [0.717, 1.165) is 15.4 Å². The first kappa shape index (κ1) is 33.2. The Kier molecular flexibility index (Phi) is 11.3. The third kappa shape index (κ3) is 7.96. The zero-order chi connectivity index (χ0) is 31.2. The van der Waals surface area contributed by atoms with Crippen molar-refractivity contribution >= 4 is 50.7 Å². The zero-order valence-electron chi connectivity index (χ0n) is 24.6. The second kappa shape index (κ2) is 14.3. The number of ether oxygens (including phenoxy) is 1. The van der Waals surface area contributed by atoms with Gasteiger partial charge in [0.1, 0.15) is 18.3 Å². The van der Waals surface area contributed by atoms with E-state index in [1.54, 1.807) is 55.5 Å². The molecule has 0 aliphatic heterocycles. The molecule has 0 aliphatic carbocycles. The van der Waals surface area contributed by atoms with E-state index in [0.29, 0.717) is 15.6 Å². The Hall–Kier alpha value is -3.27. The molecular formula is C31H37Cl2N3O5S. The van der Waals surface area contributed by atoms with Crippen LogP contribution in [-0.2, 0) is 26.2 Å². The summed E-state index contributed by atoms with van der Waals surface area (Å²) in [5.41, 5.74) is 2.43. The normalized spacial score (nSPS) is 12.1. The Morgan fingerprint density at radius 3 is 2.17 bits per heavy atom. The van der Waals surface area contributed by atoms with Gasteiger partial charge in [0.05, 0.1) is 17.7 Å². The van der Waals surface area contributed by atoms with Gasteiger partial charge in [-0.05, 0) is 81.6 Å². The number of aryl methyl sites for hydroxylation is 2. The number of rotatable bonds is 12. The zero-order valence-corrected chi connectivity index (χ0v) is 27.0. The summed E-state index contributed by atoms with van der Waals surface area (Å²) in [5, 5.41) is 3.62. The number of sulfonamides is 1. The highest BCUT2D eigenvalue weighted by Crippen LogP contribution is 2.34. The van der Waals surface area contributed by atoms with E-state index in [9.17, 15) is 18.0 Å². The lowest BCUT2D eigenvalue weighted by atomic mass is 10.1. The van der Waals surface area contributed by atoms with Gasteiger partial charge in [-0.2, -0.15) is 0 Å². The summed E-state index contributed by atoms with van der Waals surface area (Å²) >= 11 is 12.6. The van der Waals surface area contributed by atoms with Crippen molar-refractivity contribution in [3.05, 3.63) is 87.4 Å². The molecule has 0 heterocycles. The van der Waals surface area contributed by atoms with Crippen molar-refractivity contribution in [2.75, 3.05) is 18.0 Å². The van der Waals surface area contributed by atoms with E-state index in [1.165, 1.54) is 24.1 Å². The fourth-order valence-corrected chi connectivity index (χ4v) is 6.36. The van der Waals surface area contributed by atoms with Gasteiger partial charge in [0, 0.05) is 22.6 Å². The smallest absolute Gasteiger partial charge is 0.264 e. The fraction of sp³-hybridized carbons (Fsp3) is 0.355. The van der Waals surface area contributed by atoms with Crippen LogP contribution in [0.2, 0.25) is 10.0 Å². The van der Waals surface area contributed by atoms with E-state index in [-0.39, 0.29) is 41.2 Å². The molecule has 0 spiro atoms. The maximum atomic E-state index is 14.2. The quantitative estimate of drug-likeness (QED) is 0.258. The summed E-state index contributed by atoms with van der Waals surface area (Å²) in [6, 6.07) is 15.3. The Bertz CT molecular complexity index is 1530. The number of amides is 2. The van der Waals surface area contributed by atoms with Gasteiger partial charge in [-0.25, -0.2) is 8.42 Å². The molecule has 1 N–H and O–H groups in total. The number of benzene rings is 3. The minimum Gasteiger partial charge on any atom is -0.495 e. The lowest BCUT2D eigenvalue weighted by molar-refractivity contribution is -0.140. The third-order valence-corrected chi connectivity index (χ3v) is 9.02. The Labute approximate surface area is 258 Å². The lowest BCUT2D eigenvalue weighted by Gasteiger charge is -2.34. The van der Waals surface area contributed by atoms with Crippen molar-refractivity contribution < 1.29 is 22.7 Å². The summed E-state index contributed by atoms with van der Waals surface area (Å²) in [4.78, 5) is 28.9. The summed E-state index contributed by atoms with van der Waals surface area (Å²) in [6.07, 6.45) is 0.286. The van der Waals surface area contributed by atoms with Crippen LogP contribution in [0.5, 0.6) is 5.75 Å². The summed E-state index contributed by atoms with van der Waals surface area (Å²) in [5.74, 6) is -0.668. The molecule has 0 aliphatic rings. The largest absolute Gasteiger partial charge is 0.495 e. The topological polar surface area (TPSA) is 96.0 Å². The number of methoxy groups -OCH3 is 1. The lowest BCUT2D eigenvalue weighted by Crippen LogP contribution is -2.53. The van der Waals surface area contributed by atoms with Crippen molar-refractivity contribution in [2.24, 2.45) is 0 Å². The van der Waals surface area contributed by atoms with Gasteiger partial charge in [-0.1, -0.05) is 60.0 Å². The predicted molar refractivity (Wildman–Crippen MR) is 168 cm³/mol. The summed E-state index contributed by atoms with van der Waals surface area (Å²) in [7, 11) is -2.81. The highest BCUT2D eigenvalue weighted by atomic mass is 35.5. The minimum atomic E-state index is -4.25. The van der Waals surface area contributed by atoms with E-state index >= 15 is 0 Å². The highest BCUT2D eigenvalue weighted by molar-refractivity contribution is 7.92. The summed E-state index contributed by atoms with van der Waals surface area (Å²) < 4.78 is 34.8. The van der Waals surface area contributed by atoms with Gasteiger partial charge in [0.2, 0.25) is 11.8 Å². The van der Waals surface area contributed by atoms with Gasteiger partial charge in [0.15, 0.2) is 0 Å². The number of nitrogens with one attached hydrogen (secondary N) is 1. The van der Waals surface area contributed by atoms with E-state index in [2.05, 4.69) is 5.32 Å². The monoisotopic (exact) mass is 633 g/mol. The Morgan fingerprint density at radius 2 is 1.60 bits per heavy atom. The van der Waals surface area contributed by atoms with Gasteiger partial charge in [0.25, 0.3) is 10.0 Å². The molecule has 8 nitrogen and oxygen atoms in total. The first-order chi connectivity index (χ1) is 19.8. The molecule has 0 fully saturated rings. The predicted octanol–water partition coefficient (Wildman–Crippen LogP) is 6.15. The number of halogens is 2. The number of hydrogen-bond acceptors (Lipinski definition) is 5. The Morgan fingerprint density at radius 1 is 0.952 bits per heavy atom. The SMILES string of the molecule is CCC(C(=O)NC(C)C)N(Cc1ccc(Cl)cc1Cl)C(=O)CN(c1cc(C)ccc1OC)S(=O)(=O)c1ccc(C)cc1. The molecule has 0 saturated carbocycles. The van der Waals surface area contributed by atoms with Crippen LogP contribution in [0.15, 0.2) is 65.6 Å². The summed E-state index contributed by atoms with van der Waals surface area (Å²) in [6.45, 7) is 8.49. The maximum Gasteiger partial charge on any atom is 0.264 e. The molecule has 3 aromatic carbocycles. The van der Waals surface area contributed by atoms with E-state index in [4.69, 9.17) is 27.9 Å². The fourth-order valence-electron chi connectivity index (χ4n) is 4.48. The molecule has 0 bridgehead atoms. The van der Waals surface area contributed by atoms with Gasteiger partial charge < -0.3 is 15.0 Å². The average Bonchev–Trinajstić information content (AvgIpc) is 2.92. The molecule has 2 amide bonds. The second-order valence-electron chi connectivity index (χ2n) is 10.3. The standard InChI is InChI=1S/C31H37Cl2N3O5S/c1-7-27(31(38)34-20(2)3)35(18-23-11-12-24(32)17-26(23)33)30(37)19-36(28-16-22(5)10-15-29(28)41-6)42(39,40)25-13-8-21(4)9-14-25/h8-17,20,27H,7,18-19H2,1-6H3,(H,34,38). The van der Waals surface area contributed by atoms with Crippen molar-refractivity contribution in [3.63, 3.8) is 0 Å². The Balaban J connectivity index is 2.16. The van der Waals surface area contributed by atoms with Crippen LogP contribution in [-0.4, -0.2) is 50.9 Å². The highest BCUT2D eigenvalue weighted by Gasteiger charge is 2.35. The van der Waals surface area contributed by atoms with Gasteiger partial charge >= 0.3 is 0 Å². The number of carbonyl (C=O) groups is 2. The van der Waals surface area contributed by atoms with Crippen molar-refractivity contribution in [2.45, 2.75) is 64.6 Å². The second-order valence-corrected chi connectivity index (χ2v) is 13.1. The van der Waals surface area contributed by atoms with Crippen molar-refractivity contribution in [3.8, 4) is 5.75 Å². The number of carbonyl (C=O) groups excluding carboxylic acids is 2. The maximum absolute atomic E-state index is 14.2. The van der Waals surface area contributed by atoms with Crippen LogP contribution in [0.3, 0.4) is 0 Å². The minimum absolute atomic E-state index is 0.0151. The molecule has 226 valence electrons. The van der Waals surface area contributed by atoms with Crippen LogP contribution < -0.4 is 14.4 Å². The third-order valence-electron chi connectivity index (χ3n) is 6.66. The molecule has 0 radical (unpaired) electrons. The van der Waals surface area contributed by atoms with Crippen LogP contribution >= 0.6 is 23.2 Å². The number of nitrogens with zero attached hydrogens (tertiary/aromatic N) is 2. The van der Waals surface area contributed by atoms with Crippen LogP contribution in [0.1, 0.15) is 43.9 Å². The molecule has 1 atom stereocenters. The van der Waals surface area contributed by atoms with Crippen LogP contribution in [0.4, 0.5) is 5.69 Å². The first-order valence-electron chi connectivity index (χ1n) is 13.6. The molecule has 0 aromatic heterocycles. The molecule has 3 aromatic rings. The van der Waals surface area contributed by atoms with Crippen molar-refractivity contribution in [1.29, 1.82) is 0 Å². The van der Waals surface area contributed by atoms with Gasteiger partial charge in [-0.3, -0.25) is 13.9 Å². The van der Waals surface area contributed by atoms with E-state index < -0.39 is 28.5 Å². The average molecular weight is 635 g/mol. The molecule has 42 heavy (non-hydrogen) atoms. The molecule has 0 saturated heterocycles. The van der Waals surface area contributed by atoms with Crippen LogP contribution in [0.25, 0.3) is 0 Å². The molecule has 3 rings (SSSR count). The van der Waals surface area contributed by atoms with Crippen LogP contribution in [0, 0.1) is 13.8 Å². The van der Waals surface area contributed by atoms with Crippen molar-refractivity contribution in [1.82, 2.24) is 10.2 Å². The molecular weight excluding hydrogens is 597 g/mol. The van der Waals surface area contributed by atoms with E-state index in [1.807, 2.05) is 27.7 Å². The number of anilines is 1.